The van der Waals surface area contributed by atoms with Gasteiger partial charge in [-0.15, -0.1) is 12.4 Å². The first-order valence-corrected chi connectivity index (χ1v) is 3.38. The number of nitrogens with two attached hydrogens (primary N) is 1. The van der Waals surface area contributed by atoms with E-state index in [4.69, 9.17) is 5.84 Å². The maximum Gasteiger partial charge on any atom is 0.0923 e. The highest BCUT2D eigenvalue weighted by atomic mass is 35.5. The topological polar surface area (TPSA) is 29.3 Å². The van der Waals surface area contributed by atoms with Crippen LogP contribution in [0.3, 0.4) is 0 Å². The van der Waals surface area contributed by atoms with Gasteiger partial charge < -0.3 is 0 Å². The SMILES string of the molecule is Cl.NN1CCC(CF)CC1. The summed E-state index contributed by atoms with van der Waals surface area (Å²) in [5, 5.41) is 1.76. The quantitative estimate of drug-likeness (QED) is 0.592. The van der Waals surface area contributed by atoms with Crippen molar-refractivity contribution in [2.75, 3.05) is 19.8 Å². The third-order valence-electron chi connectivity index (χ3n) is 1.87. The number of hydrogen-bond donors (Lipinski definition) is 1. The van der Waals surface area contributed by atoms with Crippen molar-refractivity contribution in [1.29, 1.82) is 0 Å². The lowest BCUT2D eigenvalue weighted by molar-refractivity contribution is 0.168. The maximum atomic E-state index is 11.9. The van der Waals surface area contributed by atoms with Gasteiger partial charge in [-0.3, -0.25) is 10.2 Å². The van der Waals surface area contributed by atoms with Crippen molar-refractivity contribution in [3.8, 4) is 0 Å². The van der Waals surface area contributed by atoms with E-state index in [1.54, 1.807) is 5.01 Å². The molecule has 0 aromatic rings. The van der Waals surface area contributed by atoms with Crippen molar-refractivity contribution >= 4 is 12.4 Å². The molecule has 62 valence electrons. The van der Waals surface area contributed by atoms with Crippen molar-refractivity contribution in [2.24, 2.45) is 11.8 Å². The molecule has 2 nitrogen and oxygen atoms in total. The van der Waals surface area contributed by atoms with Crippen molar-refractivity contribution in [2.45, 2.75) is 12.8 Å². The average Bonchev–Trinajstić information content (AvgIpc) is 1.90. The van der Waals surface area contributed by atoms with E-state index in [2.05, 4.69) is 0 Å². The molecular formula is C6H14ClFN2. The van der Waals surface area contributed by atoms with Crippen LogP contribution in [-0.4, -0.2) is 24.8 Å². The number of hydrogen-bond acceptors (Lipinski definition) is 2. The highest BCUT2D eigenvalue weighted by Gasteiger charge is 2.15. The minimum Gasteiger partial charge on any atom is -0.269 e. The Hall–Kier alpha value is 0.140. The molecule has 0 aromatic carbocycles. The molecule has 0 aromatic heterocycles. The fraction of sp³-hybridized carbons (Fsp3) is 1.00. The molecule has 0 unspecified atom stereocenters. The molecule has 2 N–H and O–H groups in total. The van der Waals surface area contributed by atoms with Gasteiger partial charge in [0.1, 0.15) is 0 Å². The summed E-state index contributed by atoms with van der Waals surface area (Å²) in [7, 11) is 0. The molecule has 1 saturated heterocycles. The molecule has 0 spiro atoms. The van der Waals surface area contributed by atoms with Gasteiger partial charge in [0.05, 0.1) is 6.67 Å². The Morgan fingerprint density at radius 2 is 1.90 bits per heavy atom. The van der Waals surface area contributed by atoms with Gasteiger partial charge >= 0.3 is 0 Å². The second-order valence-electron chi connectivity index (χ2n) is 2.63. The molecule has 1 heterocycles. The molecule has 4 heteroatoms. The molecular weight excluding hydrogens is 155 g/mol. The Morgan fingerprint density at radius 3 is 2.30 bits per heavy atom. The zero-order valence-corrected chi connectivity index (χ0v) is 6.74. The molecule has 0 bridgehead atoms. The second kappa shape index (κ2) is 4.88. The van der Waals surface area contributed by atoms with E-state index >= 15 is 0 Å². The van der Waals surface area contributed by atoms with E-state index < -0.39 is 0 Å². The van der Waals surface area contributed by atoms with Gasteiger partial charge in [0.2, 0.25) is 0 Å². The zero-order chi connectivity index (χ0) is 6.69. The minimum atomic E-state index is -0.173. The molecule has 0 saturated carbocycles. The summed E-state index contributed by atoms with van der Waals surface area (Å²) >= 11 is 0. The average molecular weight is 169 g/mol. The van der Waals surface area contributed by atoms with Crippen molar-refractivity contribution < 1.29 is 4.39 Å². The van der Waals surface area contributed by atoms with E-state index in [0.717, 1.165) is 25.9 Å². The van der Waals surface area contributed by atoms with Crippen LogP contribution in [0.15, 0.2) is 0 Å². The number of hydrazine groups is 1. The number of halogens is 2. The number of alkyl halides is 1. The number of piperidine rings is 1. The van der Waals surface area contributed by atoms with Crippen molar-refractivity contribution in [3.05, 3.63) is 0 Å². The molecule has 1 aliphatic heterocycles. The highest BCUT2D eigenvalue weighted by molar-refractivity contribution is 5.85. The monoisotopic (exact) mass is 168 g/mol. The highest BCUT2D eigenvalue weighted by Crippen LogP contribution is 2.14. The standard InChI is InChI=1S/C6H13FN2.ClH/c7-5-6-1-3-9(8)4-2-6;/h6H,1-5,8H2;1H. The Balaban J connectivity index is 0.000000810. The predicted octanol–water partition coefficient (Wildman–Crippen LogP) is 0.963. The molecule has 1 fully saturated rings. The third kappa shape index (κ3) is 2.82. The molecule has 10 heavy (non-hydrogen) atoms. The molecule has 1 aliphatic rings. The van der Waals surface area contributed by atoms with Crippen LogP contribution in [0.25, 0.3) is 0 Å². The minimum absolute atomic E-state index is 0. The van der Waals surface area contributed by atoms with Crippen LogP contribution in [0.2, 0.25) is 0 Å². The van der Waals surface area contributed by atoms with Gasteiger partial charge in [0, 0.05) is 13.1 Å². The maximum absolute atomic E-state index is 11.9. The Bertz CT molecular complexity index is 83.8. The van der Waals surface area contributed by atoms with Crippen molar-refractivity contribution in [3.63, 3.8) is 0 Å². The summed E-state index contributed by atoms with van der Waals surface area (Å²) in [5.74, 6) is 5.74. The summed E-state index contributed by atoms with van der Waals surface area (Å²) in [4.78, 5) is 0. The summed E-state index contributed by atoms with van der Waals surface area (Å²) in [5.41, 5.74) is 0. The van der Waals surface area contributed by atoms with Gasteiger partial charge in [-0.1, -0.05) is 0 Å². The van der Waals surface area contributed by atoms with E-state index in [0.29, 0.717) is 0 Å². The lowest BCUT2D eigenvalue weighted by atomic mass is 10.00. The van der Waals surface area contributed by atoms with Gasteiger partial charge in [-0.2, -0.15) is 0 Å². The van der Waals surface area contributed by atoms with Crippen LogP contribution in [-0.2, 0) is 0 Å². The smallest absolute Gasteiger partial charge is 0.0923 e. The number of rotatable bonds is 1. The summed E-state index contributed by atoms with van der Waals surface area (Å²) in [6.45, 7) is 1.54. The van der Waals surface area contributed by atoms with Crippen LogP contribution in [0.1, 0.15) is 12.8 Å². The Kier molecular flexibility index (Phi) is 4.95. The lowest BCUT2D eigenvalue weighted by Crippen LogP contribution is -2.39. The second-order valence-corrected chi connectivity index (χ2v) is 2.63. The summed E-state index contributed by atoms with van der Waals surface area (Å²) < 4.78 is 11.9. The Morgan fingerprint density at radius 1 is 1.40 bits per heavy atom. The zero-order valence-electron chi connectivity index (χ0n) is 5.92. The van der Waals surface area contributed by atoms with Crippen LogP contribution in [0.4, 0.5) is 4.39 Å². The molecule has 0 radical (unpaired) electrons. The van der Waals surface area contributed by atoms with Gasteiger partial charge in [-0.05, 0) is 18.8 Å². The Labute approximate surface area is 66.9 Å². The largest absolute Gasteiger partial charge is 0.269 e. The van der Waals surface area contributed by atoms with Crippen LogP contribution >= 0.6 is 12.4 Å². The summed E-state index contributed by atoms with van der Waals surface area (Å²) in [6.07, 6.45) is 1.85. The first kappa shape index (κ1) is 10.1. The predicted molar refractivity (Wildman–Crippen MR) is 41.7 cm³/mol. The summed E-state index contributed by atoms with van der Waals surface area (Å²) in [6, 6.07) is 0. The molecule has 0 amide bonds. The van der Waals surface area contributed by atoms with E-state index in [1.807, 2.05) is 0 Å². The van der Waals surface area contributed by atoms with E-state index in [-0.39, 0.29) is 25.0 Å². The van der Waals surface area contributed by atoms with Gasteiger partial charge in [0.25, 0.3) is 0 Å². The molecule has 0 aliphatic carbocycles. The third-order valence-corrected chi connectivity index (χ3v) is 1.87. The molecule has 0 atom stereocenters. The fourth-order valence-corrected chi connectivity index (χ4v) is 1.11. The van der Waals surface area contributed by atoms with Crippen LogP contribution in [0.5, 0.6) is 0 Å². The van der Waals surface area contributed by atoms with E-state index in [9.17, 15) is 4.39 Å². The normalized spacial score (nSPS) is 22.2. The lowest BCUT2D eigenvalue weighted by Gasteiger charge is -2.26. The van der Waals surface area contributed by atoms with Crippen molar-refractivity contribution in [1.82, 2.24) is 5.01 Å². The van der Waals surface area contributed by atoms with Crippen LogP contribution < -0.4 is 5.84 Å². The first-order valence-electron chi connectivity index (χ1n) is 3.38. The first-order chi connectivity index (χ1) is 4.33. The van der Waals surface area contributed by atoms with E-state index in [1.165, 1.54) is 0 Å². The van der Waals surface area contributed by atoms with Crippen LogP contribution in [0, 0.1) is 5.92 Å². The fourth-order valence-electron chi connectivity index (χ4n) is 1.11. The molecule has 1 rings (SSSR count). The number of nitrogens with zero attached hydrogens (tertiary/aromatic N) is 1. The van der Waals surface area contributed by atoms with Gasteiger partial charge in [-0.25, -0.2) is 5.01 Å². The van der Waals surface area contributed by atoms with Gasteiger partial charge in [0.15, 0.2) is 0 Å².